The molecule has 0 saturated heterocycles. The first-order valence-electron chi connectivity index (χ1n) is 5.56. The van der Waals surface area contributed by atoms with E-state index in [1.54, 1.807) is 18.2 Å². The molecular weight excluding hydrogens is 273 g/mol. The van der Waals surface area contributed by atoms with E-state index in [1.165, 1.54) is 24.3 Å². The van der Waals surface area contributed by atoms with Gasteiger partial charge in [-0.05, 0) is 12.1 Å². The van der Waals surface area contributed by atoms with Crippen LogP contribution in [0.2, 0.25) is 0 Å². The maximum absolute atomic E-state index is 12.2. The molecule has 104 valence electrons. The molecule has 0 unspecified atom stereocenters. The first-order valence-corrected chi connectivity index (χ1v) is 5.56. The molecule has 20 heavy (non-hydrogen) atoms. The Balaban J connectivity index is 2.39. The van der Waals surface area contributed by atoms with Crippen molar-refractivity contribution in [3.63, 3.8) is 0 Å². The molecule has 0 bridgehead atoms. The Bertz CT molecular complexity index is 621. The Hall–Kier alpha value is -2.50. The highest BCUT2D eigenvalue weighted by Gasteiger charge is 2.33. The molecule has 2 aromatic rings. The highest BCUT2D eigenvalue weighted by Crippen LogP contribution is 2.34. The minimum absolute atomic E-state index is 0.252. The van der Waals surface area contributed by atoms with Gasteiger partial charge in [0.2, 0.25) is 0 Å². The van der Waals surface area contributed by atoms with Crippen LogP contribution < -0.4 is 4.74 Å². The van der Waals surface area contributed by atoms with Gasteiger partial charge in [-0.25, -0.2) is 0 Å². The third kappa shape index (κ3) is 3.09. The molecule has 0 saturated carbocycles. The second kappa shape index (κ2) is 5.24. The van der Waals surface area contributed by atoms with Gasteiger partial charge in [-0.15, -0.1) is 13.2 Å². The molecule has 0 spiro atoms. The number of rotatable bonds is 3. The Morgan fingerprint density at radius 2 is 1.65 bits per heavy atom. The van der Waals surface area contributed by atoms with E-state index in [0.29, 0.717) is 0 Å². The lowest BCUT2D eigenvalue weighted by molar-refractivity contribution is -0.275. The summed E-state index contributed by atoms with van der Waals surface area (Å²) in [5.74, 6) is -2.23. The van der Waals surface area contributed by atoms with Crippen molar-refractivity contribution in [2.75, 3.05) is 0 Å². The van der Waals surface area contributed by atoms with E-state index in [-0.39, 0.29) is 11.1 Å². The SMILES string of the molecule is O=C(c1ccccc1)c1cccc(OC(F)(F)F)c1O. The summed E-state index contributed by atoms with van der Waals surface area (Å²) in [7, 11) is 0. The van der Waals surface area contributed by atoms with Crippen LogP contribution in [0.5, 0.6) is 11.5 Å². The highest BCUT2D eigenvalue weighted by atomic mass is 19.4. The first kappa shape index (κ1) is 13.9. The van der Waals surface area contributed by atoms with Crippen molar-refractivity contribution >= 4 is 5.78 Å². The maximum atomic E-state index is 12.2. The summed E-state index contributed by atoms with van der Waals surface area (Å²) in [5.41, 5.74) is 0.00455. The predicted octanol–water partition coefficient (Wildman–Crippen LogP) is 3.52. The summed E-state index contributed by atoms with van der Waals surface area (Å²) < 4.78 is 40.1. The molecule has 0 aliphatic rings. The number of phenols is 1. The fourth-order valence-electron chi connectivity index (χ4n) is 1.66. The van der Waals surface area contributed by atoms with Crippen LogP contribution in [0.25, 0.3) is 0 Å². The van der Waals surface area contributed by atoms with Gasteiger partial charge < -0.3 is 9.84 Å². The molecule has 0 radical (unpaired) electrons. The molecular formula is C14H9F3O3. The molecule has 0 atom stereocenters. The second-order valence-corrected chi connectivity index (χ2v) is 3.90. The third-order valence-corrected chi connectivity index (χ3v) is 2.51. The Kier molecular flexibility index (Phi) is 3.65. The smallest absolute Gasteiger partial charge is 0.504 e. The summed E-state index contributed by atoms with van der Waals surface area (Å²) in [6.07, 6.45) is -4.94. The van der Waals surface area contributed by atoms with Gasteiger partial charge in [0.05, 0.1) is 5.56 Å². The number of para-hydroxylation sites is 1. The molecule has 0 fully saturated rings. The maximum Gasteiger partial charge on any atom is 0.573 e. The second-order valence-electron chi connectivity index (χ2n) is 3.90. The minimum Gasteiger partial charge on any atom is -0.504 e. The van der Waals surface area contributed by atoms with Crippen LogP contribution in [0, 0.1) is 0 Å². The van der Waals surface area contributed by atoms with Crippen molar-refractivity contribution < 1.29 is 27.8 Å². The Morgan fingerprint density at radius 1 is 1.00 bits per heavy atom. The van der Waals surface area contributed by atoms with Crippen LogP contribution in [0.15, 0.2) is 48.5 Å². The minimum atomic E-state index is -4.94. The molecule has 3 nitrogen and oxygen atoms in total. The van der Waals surface area contributed by atoms with E-state index < -0.39 is 23.6 Å². The van der Waals surface area contributed by atoms with E-state index in [4.69, 9.17) is 0 Å². The number of halogens is 3. The average Bonchev–Trinajstić information content (AvgIpc) is 2.40. The van der Waals surface area contributed by atoms with Crippen LogP contribution in [0.3, 0.4) is 0 Å². The zero-order valence-electron chi connectivity index (χ0n) is 10.0. The van der Waals surface area contributed by atoms with Gasteiger partial charge in [0, 0.05) is 5.56 Å². The Labute approximate surface area is 112 Å². The quantitative estimate of drug-likeness (QED) is 0.876. The highest BCUT2D eigenvalue weighted by molar-refractivity contribution is 6.11. The molecule has 2 aromatic carbocycles. The molecule has 0 heterocycles. The normalized spacial score (nSPS) is 11.2. The fourth-order valence-corrected chi connectivity index (χ4v) is 1.66. The zero-order valence-corrected chi connectivity index (χ0v) is 10.0. The van der Waals surface area contributed by atoms with Gasteiger partial charge >= 0.3 is 6.36 Å². The van der Waals surface area contributed by atoms with Gasteiger partial charge in [-0.2, -0.15) is 0 Å². The largest absolute Gasteiger partial charge is 0.573 e. The van der Waals surface area contributed by atoms with Crippen LogP contribution >= 0.6 is 0 Å². The summed E-state index contributed by atoms with van der Waals surface area (Å²) in [6.45, 7) is 0. The number of alkyl halides is 3. The van der Waals surface area contributed by atoms with Crippen molar-refractivity contribution in [2.45, 2.75) is 6.36 Å². The van der Waals surface area contributed by atoms with Crippen LogP contribution in [0.4, 0.5) is 13.2 Å². The number of carbonyl (C=O) groups excluding carboxylic acids is 1. The fraction of sp³-hybridized carbons (Fsp3) is 0.0714. The summed E-state index contributed by atoms with van der Waals surface area (Å²) in [6, 6.07) is 11.3. The van der Waals surface area contributed by atoms with Gasteiger partial charge in [0.15, 0.2) is 17.3 Å². The first-order chi connectivity index (χ1) is 9.38. The summed E-state index contributed by atoms with van der Waals surface area (Å²) >= 11 is 0. The lowest BCUT2D eigenvalue weighted by Gasteiger charge is -2.12. The van der Waals surface area contributed by atoms with Gasteiger partial charge in [0.1, 0.15) is 0 Å². The number of hydrogen-bond acceptors (Lipinski definition) is 3. The molecule has 2 rings (SSSR count). The van der Waals surface area contributed by atoms with Gasteiger partial charge in [-0.3, -0.25) is 4.79 Å². The molecule has 6 heteroatoms. The van der Waals surface area contributed by atoms with Crippen molar-refractivity contribution in [2.24, 2.45) is 0 Å². The lowest BCUT2D eigenvalue weighted by Crippen LogP contribution is -2.17. The average molecular weight is 282 g/mol. The third-order valence-electron chi connectivity index (χ3n) is 2.51. The topological polar surface area (TPSA) is 46.5 Å². The zero-order chi connectivity index (χ0) is 14.8. The molecule has 0 aromatic heterocycles. The van der Waals surface area contributed by atoms with Crippen LogP contribution in [-0.2, 0) is 0 Å². The van der Waals surface area contributed by atoms with E-state index in [0.717, 1.165) is 6.07 Å². The van der Waals surface area contributed by atoms with Crippen molar-refractivity contribution in [3.8, 4) is 11.5 Å². The lowest BCUT2D eigenvalue weighted by atomic mass is 10.0. The van der Waals surface area contributed by atoms with Crippen LogP contribution in [-0.4, -0.2) is 17.3 Å². The number of carbonyl (C=O) groups is 1. The van der Waals surface area contributed by atoms with Gasteiger partial charge in [0.25, 0.3) is 0 Å². The number of benzene rings is 2. The number of ketones is 1. The molecule has 0 aliphatic heterocycles. The van der Waals surface area contributed by atoms with E-state index in [2.05, 4.69) is 4.74 Å². The number of aromatic hydroxyl groups is 1. The van der Waals surface area contributed by atoms with Crippen molar-refractivity contribution in [1.29, 1.82) is 0 Å². The molecule has 1 N–H and O–H groups in total. The van der Waals surface area contributed by atoms with E-state index in [9.17, 15) is 23.1 Å². The van der Waals surface area contributed by atoms with E-state index >= 15 is 0 Å². The summed E-state index contributed by atoms with van der Waals surface area (Å²) in [5, 5.41) is 9.74. The molecule has 0 aliphatic carbocycles. The van der Waals surface area contributed by atoms with E-state index in [1.807, 2.05) is 0 Å². The Morgan fingerprint density at radius 3 is 2.25 bits per heavy atom. The summed E-state index contributed by atoms with van der Waals surface area (Å²) in [4.78, 5) is 12.1. The monoisotopic (exact) mass is 282 g/mol. The van der Waals surface area contributed by atoms with Gasteiger partial charge in [-0.1, -0.05) is 36.4 Å². The number of ether oxygens (including phenoxy) is 1. The van der Waals surface area contributed by atoms with Crippen molar-refractivity contribution in [1.82, 2.24) is 0 Å². The van der Waals surface area contributed by atoms with Crippen molar-refractivity contribution in [3.05, 3.63) is 59.7 Å². The predicted molar refractivity (Wildman–Crippen MR) is 64.7 cm³/mol. The number of phenolic OH excluding ortho intramolecular Hbond substituents is 1. The van der Waals surface area contributed by atoms with Crippen LogP contribution in [0.1, 0.15) is 15.9 Å². The number of hydrogen-bond donors (Lipinski definition) is 1. The molecule has 0 amide bonds. The standard InChI is InChI=1S/C14H9F3O3/c15-14(16,17)20-11-8-4-7-10(13(11)19)12(18)9-5-2-1-3-6-9/h1-8,19H.